The lowest BCUT2D eigenvalue weighted by Crippen LogP contribution is -2.15. The van der Waals surface area contributed by atoms with Crippen LogP contribution in [0.5, 0.6) is 0 Å². The third-order valence-electron chi connectivity index (χ3n) is 2.34. The number of nitrogens with zero attached hydrogens (tertiary/aromatic N) is 1. The van der Waals surface area contributed by atoms with Crippen LogP contribution in [0.3, 0.4) is 0 Å². The first-order chi connectivity index (χ1) is 8.70. The Morgan fingerprint density at radius 1 is 1.22 bits per heavy atom. The van der Waals surface area contributed by atoms with Gasteiger partial charge in [0.05, 0.1) is 16.8 Å². The molecule has 2 aromatic rings. The molecule has 2 rings (SSSR count). The molecule has 1 heterocycles. The summed E-state index contributed by atoms with van der Waals surface area (Å²) in [7, 11) is 0. The number of aromatic nitrogens is 1. The van der Waals surface area contributed by atoms with Crippen LogP contribution in [-0.2, 0) is 0 Å². The molecule has 0 atom stereocenters. The highest BCUT2D eigenvalue weighted by Gasteiger charge is 2.08. The van der Waals surface area contributed by atoms with Crippen molar-refractivity contribution in [3.63, 3.8) is 0 Å². The number of amides is 1. The summed E-state index contributed by atoms with van der Waals surface area (Å²) in [6, 6.07) is 11.4. The molecule has 0 saturated heterocycles. The minimum atomic E-state index is -0.381. The maximum atomic E-state index is 11.9. The van der Waals surface area contributed by atoms with Gasteiger partial charge in [-0.15, -0.1) is 0 Å². The summed E-state index contributed by atoms with van der Waals surface area (Å²) >= 11 is 0. The third kappa shape index (κ3) is 2.44. The van der Waals surface area contributed by atoms with E-state index in [1.165, 1.54) is 18.3 Å². The van der Waals surface area contributed by atoms with Crippen molar-refractivity contribution in [3.8, 4) is 6.07 Å². The molecular formula is C13H9N3O2. The van der Waals surface area contributed by atoms with Crippen molar-refractivity contribution in [2.75, 3.05) is 5.32 Å². The van der Waals surface area contributed by atoms with Crippen LogP contribution in [0.2, 0.25) is 0 Å². The van der Waals surface area contributed by atoms with Gasteiger partial charge >= 0.3 is 0 Å². The molecule has 2 N–H and O–H groups in total. The van der Waals surface area contributed by atoms with E-state index in [9.17, 15) is 9.59 Å². The highest BCUT2D eigenvalue weighted by molar-refractivity contribution is 6.04. The summed E-state index contributed by atoms with van der Waals surface area (Å²) in [5.41, 5.74) is 0.873. The van der Waals surface area contributed by atoms with Crippen LogP contribution in [-0.4, -0.2) is 10.9 Å². The molecule has 1 amide bonds. The number of hydrogen-bond acceptors (Lipinski definition) is 3. The Kier molecular flexibility index (Phi) is 3.21. The lowest BCUT2D eigenvalue weighted by Gasteiger charge is -2.06. The third-order valence-corrected chi connectivity index (χ3v) is 2.34. The van der Waals surface area contributed by atoms with E-state index in [1.54, 1.807) is 24.3 Å². The van der Waals surface area contributed by atoms with E-state index >= 15 is 0 Å². The predicted octanol–water partition coefficient (Wildman–Crippen LogP) is 1.50. The van der Waals surface area contributed by atoms with Crippen molar-refractivity contribution in [2.24, 2.45) is 0 Å². The fraction of sp³-hybridized carbons (Fsp3) is 0. The lowest BCUT2D eigenvalue weighted by atomic mass is 10.2. The first kappa shape index (κ1) is 11.6. The number of carbonyl (C=O) groups excluding carboxylic acids is 1. The van der Waals surface area contributed by atoms with Crippen molar-refractivity contribution >= 4 is 11.6 Å². The van der Waals surface area contributed by atoms with E-state index in [0.29, 0.717) is 16.8 Å². The van der Waals surface area contributed by atoms with Crippen molar-refractivity contribution in [1.82, 2.24) is 4.98 Å². The van der Waals surface area contributed by atoms with Gasteiger partial charge in [-0.05, 0) is 18.2 Å². The number of hydrogen-bond donors (Lipinski definition) is 2. The number of para-hydroxylation sites is 1. The van der Waals surface area contributed by atoms with Gasteiger partial charge in [-0.2, -0.15) is 5.26 Å². The van der Waals surface area contributed by atoms with Gasteiger partial charge in [0.15, 0.2) is 0 Å². The zero-order valence-electron chi connectivity index (χ0n) is 9.31. The maximum Gasteiger partial charge on any atom is 0.257 e. The second-order valence-electron chi connectivity index (χ2n) is 3.55. The number of pyridine rings is 1. The summed E-state index contributed by atoms with van der Waals surface area (Å²) in [5, 5.41) is 11.5. The Morgan fingerprint density at radius 2 is 2.00 bits per heavy atom. The van der Waals surface area contributed by atoms with E-state index in [1.807, 2.05) is 6.07 Å². The first-order valence-corrected chi connectivity index (χ1v) is 5.20. The van der Waals surface area contributed by atoms with Gasteiger partial charge in [-0.3, -0.25) is 9.59 Å². The number of anilines is 1. The van der Waals surface area contributed by atoms with E-state index in [4.69, 9.17) is 5.26 Å². The van der Waals surface area contributed by atoms with Crippen LogP contribution in [0.4, 0.5) is 5.69 Å². The van der Waals surface area contributed by atoms with E-state index < -0.39 is 0 Å². The van der Waals surface area contributed by atoms with Crippen LogP contribution in [0, 0.1) is 11.3 Å². The Balaban J connectivity index is 2.24. The number of benzene rings is 1. The molecule has 18 heavy (non-hydrogen) atoms. The molecule has 0 spiro atoms. The fourth-order valence-electron chi connectivity index (χ4n) is 1.44. The number of carbonyl (C=O) groups is 1. The van der Waals surface area contributed by atoms with Crippen molar-refractivity contribution < 1.29 is 4.79 Å². The van der Waals surface area contributed by atoms with Crippen LogP contribution in [0.15, 0.2) is 47.4 Å². The molecule has 0 aliphatic heterocycles. The molecule has 0 unspecified atom stereocenters. The lowest BCUT2D eigenvalue weighted by molar-refractivity contribution is 0.102. The largest absolute Gasteiger partial charge is 0.328 e. The van der Waals surface area contributed by atoms with Gasteiger partial charge in [-0.1, -0.05) is 12.1 Å². The van der Waals surface area contributed by atoms with Gasteiger partial charge in [0.25, 0.3) is 5.91 Å². The fourth-order valence-corrected chi connectivity index (χ4v) is 1.44. The number of rotatable bonds is 2. The Hall–Kier alpha value is -2.87. The van der Waals surface area contributed by atoms with Crippen LogP contribution in [0.1, 0.15) is 15.9 Å². The van der Waals surface area contributed by atoms with Crippen molar-refractivity contribution in [1.29, 1.82) is 5.26 Å². The molecular weight excluding hydrogens is 230 g/mol. The van der Waals surface area contributed by atoms with Crippen LogP contribution < -0.4 is 10.9 Å². The normalized spacial score (nSPS) is 9.50. The molecule has 0 aliphatic carbocycles. The van der Waals surface area contributed by atoms with Gasteiger partial charge in [0.2, 0.25) is 5.56 Å². The average molecular weight is 239 g/mol. The standard InChI is InChI=1S/C13H9N3O2/c14-7-9-3-1-2-4-11(9)16-13(18)10-5-6-12(17)15-8-10/h1-6,8H,(H,15,17)(H,16,18). The van der Waals surface area contributed by atoms with E-state index in [0.717, 1.165) is 0 Å². The molecule has 88 valence electrons. The van der Waals surface area contributed by atoms with Gasteiger partial charge in [0.1, 0.15) is 6.07 Å². The first-order valence-electron chi connectivity index (χ1n) is 5.20. The van der Waals surface area contributed by atoms with Crippen molar-refractivity contribution in [2.45, 2.75) is 0 Å². The highest BCUT2D eigenvalue weighted by atomic mass is 16.1. The minimum absolute atomic E-state index is 0.274. The molecule has 0 fully saturated rings. The van der Waals surface area contributed by atoms with E-state index in [2.05, 4.69) is 10.3 Å². The summed E-state index contributed by atoms with van der Waals surface area (Å²) < 4.78 is 0. The smallest absolute Gasteiger partial charge is 0.257 e. The second kappa shape index (κ2) is 4.97. The summed E-state index contributed by atoms with van der Waals surface area (Å²) in [4.78, 5) is 25.1. The maximum absolute atomic E-state index is 11.9. The molecule has 0 radical (unpaired) electrons. The predicted molar refractivity (Wildman–Crippen MR) is 66.2 cm³/mol. The molecule has 0 bridgehead atoms. The molecule has 0 saturated carbocycles. The van der Waals surface area contributed by atoms with Crippen molar-refractivity contribution in [3.05, 3.63) is 64.1 Å². The summed E-state index contributed by atoms with van der Waals surface area (Å²) in [5.74, 6) is -0.381. The Labute approximate surface area is 103 Å². The Bertz CT molecular complexity index is 663. The summed E-state index contributed by atoms with van der Waals surface area (Å²) in [6.45, 7) is 0. The zero-order valence-corrected chi connectivity index (χ0v) is 9.31. The second-order valence-corrected chi connectivity index (χ2v) is 3.55. The molecule has 1 aromatic carbocycles. The van der Waals surface area contributed by atoms with E-state index in [-0.39, 0.29) is 11.5 Å². The minimum Gasteiger partial charge on any atom is -0.328 e. The Morgan fingerprint density at radius 3 is 2.67 bits per heavy atom. The van der Waals surface area contributed by atoms with Gasteiger partial charge in [0, 0.05) is 12.3 Å². The van der Waals surface area contributed by atoms with Crippen LogP contribution in [0.25, 0.3) is 0 Å². The average Bonchev–Trinajstić information content (AvgIpc) is 2.40. The zero-order chi connectivity index (χ0) is 13.0. The molecule has 5 heteroatoms. The number of aromatic amines is 1. The molecule has 5 nitrogen and oxygen atoms in total. The number of nitrogens with one attached hydrogen (secondary N) is 2. The SMILES string of the molecule is N#Cc1ccccc1NC(=O)c1ccc(=O)[nH]c1. The monoisotopic (exact) mass is 239 g/mol. The highest BCUT2D eigenvalue weighted by Crippen LogP contribution is 2.14. The van der Waals surface area contributed by atoms with Gasteiger partial charge < -0.3 is 10.3 Å². The molecule has 1 aromatic heterocycles. The van der Waals surface area contributed by atoms with Crippen LogP contribution >= 0.6 is 0 Å². The van der Waals surface area contributed by atoms with Gasteiger partial charge in [-0.25, -0.2) is 0 Å². The quantitative estimate of drug-likeness (QED) is 0.832. The topological polar surface area (TPSA) is 85.8 Å². The summed E-state index contributed by atoms with van der Waals surface area (Å²) in [6.07, 6.45) is 1.33. The molecule has 0 aliphatic rings. The number of H-pyrrole nitrogens is 1. The number of nitriles is 1.